The molecule has 2 aromatic carbocycles. The van der Waals surface area contributed by atoms with Gasteiger partial charge >= 0.3 is 0 Å². The van der Waals surface area contributed by atoms with Crippen LogP contribution in [0, 0.1) is 5.92 Å². The molecule has 0 radical (unpaired) electrons. The zero-order valence-electron chi connectivity index (χ0n) is 23.9. The van der Waals surface area contributed by atoms with Crippen molar-refractivity contribution in [1.82, 2.24) is 0 Å². The maximum absolute atomic E-state index is 2.46. The number of fused-ring (bicyclic) bond motifs is 1. The summed E-state index contributed by atoms with van der Waals surface area (Å²) >= 11 is 0. The number of benzene rings is 2. The van der Waals surface area contributed by atoms with Crippen LogP contribution in [-0.4, -0.2) is 0 Å². The summed E-state index contributed by atoms with van der Waals surface area (Å²) < 4.78 is 0. The number of hydrogen-bond acceptors (Lipinski definition) is 0. The molecule has 0 aromatic heterocycles. The van der Waals surface area contributed by atoms with Crippen LogP contribution < -0.4 is 0 Å². The number of allylic oxidation sites excluding steroid dienone is 7. The molecular weight excluding hydrogens is 432 g/mol. The number of rotatable bonds is 10. The fraction of sp³-hybridized carbons (Fsp3) is 0.444. The van der Waals surface area contributed by atoms with Gasteiger partial charge in [-0.15, -0.1) is 0 Å². The SMILES string of the molecule is C/C=C(C)\C=C/Cc1ccc(/C(=C\c2ccc(C(C)C)cc2)CC)c2c1C(C(/C=C/C)CC)CCC2. The molecule has 1 aliphatic carbocycles. The third-order valence-corrected chi connectivity index (χ3v) is 8.03. The zero-order chi connectivity index (χ0) is 26.1. The predicted molar refractivity (Wildman–Crippen MR) is 162 cm³/mol. The van der Waals surface area contributed by atoms with Gasteiger partial charge < -0.3 is 0 Å². The third kappa shape index (κ3) is 6.78. The first-order valence-corrected chi connectivity index (χ1v) is 14.3. The van der Waals surface area contributed by atoms with Crippen LogP contribution in [-0.2, 0) is 12.8 Å². The van der Waals surface area contributed by atoms with Gasteiger partial charge in [0.1, 0.15) is 0 Å². The Morgan fingerprint density at radius 3 is 2.39 bits per heavy atom. The molecule has 0 aliphatic heterocycles. The normalized spacial score (nSPS) is 17.8. The van der Waals surface area contributed by atoms with Gasteiger partial charge in [-0.1, -0.05) is 106 Å². The summed E-state index contributed by atoms with van der Waals surface area (Å²) in [5.41, 5.74) is 11.8. The summed E-state index contributed by atoms with van der Waals surface area (Å²) in [7, 11) is 0. The minimum atomic E-state index is 0.569. The first-order chi connectivity index (χ1) is 17.4. The average Bonchev–Trinajstić information content (AvgIpc) is 2.90. The highest BCUT2D eigenvalue weighted by atomic mass is 14.3. The van der Waals surface area contributed by atoms with Crippen molar-refractivity contribution in [2.75, 3.05) is 0 Å². The Morgan fingerprint density at radius 1 is 1.03 bits per heavy atom. The zero-order valence-corrected chi connectivity index (χ0v) is 23.9. The van der Waals surface area contributed by atoms with Crippen LogP contribution >= 0.6 is 0 Å². The molecular formula is C36H48. The largest absolute Gasteiger partial charge is 0.0914 e. The molecule has 0 saturated carbocycles. The molecule has 0 saturated heterocycles. The highest BCUT2D eigenvalue weighted by Crippen LogP contribution is 2.44. The van der Waals surface area contributed by atoms with E-state index in [2.05, 4.69) is 121 Å². The van der Waals surface area contributed by atoms with E-state index in [4.69, 9.17) is 0 Å². The second kappa shape index (κ2) is 13.6. The van der Waals surface area contributed by atoms with Gasteiger partial charge in [0.15, 0.2) is 0 Å². The molecule has 0 amide bonds. The van der Waals surface area contributed by atoms with Gasteiger partial charge in [-0.3, -0.25) is 0 Å². The summed E-state index contributed by atoms with van der Waals surface area (Å²) in [5, 5.41) is 0. The Balaban J connectivity index is 2.11. The molecule has 3 rings (SSSR count). The van der Waals surface area contributed by atoms with E-state index in [1.54, 1.807) is 11.1 Å². The van der Waals surface area contributed by atoms with Gasteiger partial charge in [-0.2, -0.15) is 0 Å². The highest BCUT2D eigenvalue weighted by Gasteiger charge is 2.29. The van der Waals surface area contributed by atoms with Crippen LogP contribution in [0.1, 0.15) is 119 Å². The maximum atomic E-state index is 2.46. The Labute approximate surface area is 221 Å². The van der Waals surface area contributed by atoms with Crippen molar-refractivity contribution in [1.29, 1.82) is 0 Å². The standard InChI is InChI=1S/C36H48/c1-8-14-29(10-3)34-17-13-18-35-33(24-23-32(36(34)35)16-12-15-27(7)9-2)30(11-4)25-28-19-21-31(22-20-28)26(5)6/h8-9,12,14-15,19-26,29,34H,10-11,13,16-18H2,1-7H3/b14-8+,15-12-,27-9-,30-25-. The second-order valence-electron chi connectivity index (χ2n) is 10.7. The number of hydrogen-bond donors (Lipinski definition) is 0. The molecule has 0 bridgehead atoms. The maximum Gasteiger partial charge on any atom is -0.00913 e. The lowest BCUT2D eigenvalue weighted by atomic mass is 9.70. The smallest absolute Gasteiger partial charge is 0.00913 e. The molecule has 2 atom stereocenters. The first kappa shape index (κ1) is 28.0. The lowest BCUT2D eigenvalue weighted by Crippen LogP contribution is -2.20. The monoisotopic (exact) mass is 480 g/mol. The Kier molecular flexibility index (Phi) is 10.6. The second-order valence-corrected chi connectivity index (χ2v) is 10.7. The Hall–Kier alpha value is -2.60. The summed E-state index contributed by atoms with van der Waals surface area (Å²) in [6.07, 6.45) is 21.0. The van der Waals surface area contributed by atoms with Crippen LogP contribution in [0.25, 0.3) is 11.6 Å². The van der Waals surface area contributed by atoms with Crippen LogP contribution in [0.15, 0.2) is 72.4 Å². The molecule has 0 heterocycles. The van der Waals surface area contributed by atoms with Gasteiger partial charge in [-0.25, -0.2) is 0 Å². The molecule has 0 N–H and O–H groups in total. The van der Waals surface area contributed by atoms with Crippen LogP contribution in [0.3, 0.4) is 0 Å². The quantitative estimate of drug-likeness (QED) is 0.180. The summed E-state index contributed by atoms with van der Waals surface area (Å²) in [6, 6.07) is 14.0. The van der Waals surface area contributed by atoms with E-state index in [1.807, 2.05) is 0 Å². The summed E-state index contributed by atoms with van der Waals surface area (Å²) in [5.74, 6) is 1.80. The van der Waals surface area contributed by atoms with Crippen LogP contribution in [0.4, 0.5) is 0 Å². The van der Waals surface area contributed by atoms with Crippen molar-refractivity contribution in [2.45, 2.75) is 98.8 Å². The van der Waals surface area contributed by atoms with Gasteiger partial charge in [0.05, 0.1) is 0 Å². The fourth-order valence-corrected chi connectivity index (χ4v) is 5.81. The lowest BCUT2D eigenvalue weighted by Gasteiger charge is -2.34. The molecule has 192 valence electrons. The van der Waals surface area contributed by atoms with E-state index < -0.39 is 0 Å². The van der Waals surface area contributed by atoms with E-state index in [1.165, 1.54) is 59.1 Å². The molecule has 0 fully saturated rings. The van der Waals surface area contributed by atoms with E-state index >= 15 is 0 Å². The molecule has 0 nitrogen and oxygen atoms in total. The minimum Gasteiger partial charge on any atom is -0.0914 e. The Bertz CT molecular complexity index is 1100. The molecule has 0 spiro atoms. The molecule has 2 aromatic rings. The first-order valence-electron chi connectivity index (χ1n) is 14.3. The molecule has 0 heteroatoms. The van der Waals surface area contributed by atoms with Crippen molar-refractivity contribution in [3.05, 3.63) is 106 Å². The Morgan fingerprint density at radius 2 is 1.78 bits per heavy atom. The average molecular weight is 481 g/mol. The van der Waals surface area contributed by atoms with E-state index in [9.17, 15) is 0 Å². The van der Waals surface area contributed by atoms with Gasteiger partial charge in [0.2, 0.25) is 0 Å². The molecule has 2 unspecified atom stereocenters. The van der Waals surface area contributed by atoms with E-state index in [0.717, 1.165) is 12.8 Å². The topological polar surface area (TPSA) is 0 Å². The molecule has 1 aliphatic rings. The summed E-state index contributed by atoms with van der Waals surface area (Å²) in [6.45, 7) is 15.7. The fourth-order valence-electron chi connectivity index (χ4n) is 5.81. The van der Waals surface area contributed by atoms with Crippen LogP contribution in [0.5, 0.6) is 0 Å². The van der Waals surface area contributed by atoms with Crippen molar-refractivity contribution in [2.24, 2.45) is 5.92 Å². The minimum absolute atomic E-state index is 0.569. The lowest BCUT2D eigenvalue weighted by molar-refractivity contribution is 0.428. The van der Waals surface area contributed by atoms with Crippen molar-refractivity contribution >= 4 is 11.6 Å². The third-order valence-electron chi connectivity index (χ3n) is 8.03. The predicted octanol–water partition coefficient (Wildman–Crippen LogP) is 10.8. The van der Waals surface area contributed by atoms with Gasteiger partial charge in [-0.05, 0) is 116 Å². The summed E-state index contributed by atoms with van der Waals surface area (Å²) in [4.78, 5) is 0. The van der Waals surface area contributed by atoms with Gasteiger partial charge in [0, 0.05) is 0 Å². The van der Waals surface area contributed by atoms with E-state index in [0.29, 0.717) is 17.8 Å². The highest BCUT2D eigenvalue weighted by molar-refractivity contribution is 5.83. The van der Waals surface area contributed by atoms with E-state index in [-0.39, 0.29) is 0 Å². The van der Waals surface area contributed by atoms with Gasteiger partial charge in [0.25, 0.3) is 0 Å². The van der Waals surface area contributed by atoms with Crippen molar-refractivity contribution in [3.63, 3.8) is 0 Å². The molecule has 36 heavy (non-hydrogen) atoms. The van der Waals surface area contributed by atoms with Crippen LogP contribution in [0.2, 0.25) is 0 Å². The van der Waals surface area contributed by atoms with Crippen molar-refractivity contribution in [3.8, 4) is 0 Å². The van der Waals surface area contributed by atoms with Crippen molar-refractivity contribution < 1.29 is 0 Å².